The largest absolute Gasteiger partial charge is 0.390 e. The molecule has 1 aliphatic rings. The molecule has 1 saturated heterocycles. The maximum Gasteiger partial charge on any atom is 0.243 e. The van der Waals surface area contributed by atoms with E-state index < -0.39 is 48.2 Å². The van der Waals surface area contributed by atoms with Gasteiger partial charge in [0, 0.05) is 18.1 Å². The van der Waals surface area contributed by atoms with Gasteiger partial charge in [-0.3, -0.25) is 24.1 Å². The summed E-state index contributed by atoms with van der Waals surface area (Å²) in [7, 11) is 3.65. The zero-order valence-electron chi connectivity index (χ0n) is 32.4. The first-order valence-corrected chi connectivity index (χ1v) is 19.6. The number of carbonyl (C=O) groups excluding carboxylic acids is 4. The summed E-state index contributed by atoms with van der Waals surface area (Å²) in [5.74, 6) is -2.55. The number of hydrogen-bond acceptors (Lipinski definition) is 9. The number of benzene rings is 1. The van der Waals surface area contributed by atoms with Gasteiger partial charge in [-0.15, -0.1) is 11.3 Å². The molecule has 2 heterocycles. The van der Waals surface area contributed by atoms with Crippen molar-refractivity contribution >= 4 is 35.0 Å². The van der Waals surface area contributed by atoms with E-state index in [-0.39, 0.29) is 47.9 Å². The number of likely N-dealkylation sites (tertiary alicyclic amines) is 1. The van der Waals surface area contributed by atoms with Gasteiger partial charge in [-0.2, -0.15) is 0 Å². The quantitative estimate of drug-likeness (QED) is 0.146. The first-order chi connectivity index (χ1) is 24.6. The van der Waals surface area contributed by atoms with Gasteiger partial charge in [0.1, 0.15) is 11.0 Å². The van der Waals surface area contributed by atoms with Gasteiger partial charge in [-0.25, -0.2) is 4.98 Å². The average molecular weight is 743 g/mol. The SMILES string of the molecule is CC[C@H](C)[C@H](NC(=O)[C@@H](NC(=O)[C@H](C(C)C)N(C)C)C(C)C)[C@H](O)CC(=O)N1CCC[C@H]1[C@H](O)[C@H](C)C(=O)N[C@@H](Cc1ccccc1)c1nccs1. The molecule has 2 aromatic rings. The summed E-state index contributed by atoms with van der Waals surface area (Å²) in [6.07, 6.45) is 1.44. The molecular weight excluding hydrogens is 681 g/mol. The van der Waals surface area contributed by atoms with Crippen molar-refractivity contribution in [1.82, 2.24) is 30.7 Å². The fraction of sp³-hybridized carbons (Fsp3) is 0.667. The molecule has 0 radical (unpaired) electrons. The van der Waals surface area contributed by atoms with Gasteiger partial charge in [-0.05, 0) is 56.7 Å². The van der Waals surface area contributed by atoms with Crippen molar-refractivity contribution in [2.45, 2.75) is 123 Å². The summed E-state index contributed by atoms with van der Waals surface area (Å²) >= 11 is 1.45. The summed E-state index contributed by atoms with van der Waals surface area (Å²) in [6.45, 7) is 13.5. The van der Waals surface area contributed by atoms with Crippen LogP contribution in [0.2, 0.25) is 0 Å². The van der Waals surface area contributed by atoms with Gasteiger partial charge in [-0.1, -0.05) is 85.2 Å². The van der Waals surface area contributed by atoms with E-state index in [2.05, 4.69) is 20.9 Å². The van der Waals surface area contributed by atoms with Gasteiger partial charge in [0.05, 0.1) is 48.7 Å². The van der Waals surface area contributed by atoms with Crippen molar-refractivity contribution in [3.05, 3.63) is 52.5 Å². The molecule has 0 saturated carbocycles. The molecule has 52 heavy (non-hydrogen) atoms. The van der Waals surface area contributed by atoms with Crippen LogP contribution < -0.4 is 16.0 Å². The Hall–Kier alpha value is -3.39. The van der Waals surface area contributed by atoms with Crippen molar-refractivity contribution in [1.29, 1.82) is 0 Å². The Kier molecular flexibility index (Phi) is 16.7. The molecule has 13 heteroatoms. The lowest BCUT2D eigenvalue weighted by Gasteiger charge is -2.35. The summed E-state index contributed by atoms with van der Waals surface area (Å²) in [4.78, 5) is 62.0. The molecule has 5 N–H and O–H groups in total. The molecule has 1 fully saturated rings. The van der Waals surface area contributed by atoms with Gasteiger partial charge in [0.15, 0.2) is 0 Å². The fourth-order valence-electron chi connectivity index (χ4n) is 7.16. The van der Waals surface area contributed by atoms with Crippen LogP contribution in [0.1, 0.15) is 90.8 Å². The fourth-order valence-corrected chi connectivity index (χ4v) is 7.85. The number of thiazole rings is 1. The lowest BCUT2D eigenvalue weighted by Crippen LogP contribution is -2.59. The van der Waals surface area contributed by atoms with Gasteiger partial charge in [0.25, 0.3) is 0 Å². The van der Waals surface area contributed by atoms with Crippen LogP contribution in [0.3, 0.4) is 0 Å². The smallest absolute Gasteiger partial charge is 0.243 e. The van der Waals surface area contributed by atoms with Crippen molar-refractivity contribution in [3.8, 4) is 0 Å². The van der Waals surface area contributed by atoms with E-state index in [1.807, 2.05) is 96.2 Å². The third-order valence-electron chi connectivity index (χ3n) is 10.4. The second-order valence-corrected chi connectivity index (χ2v) is 16.2. The molecule has 9 atom stereocenters. The number of carbonyl (C=O) groups is 4. The number of aliphatic hydroxyl groups excluding tert-OH is 2. The van der Waals surface area contributed by atoms with Crippen LogP contribution in [0.5, 0.6) is 0 Å². The summed E-state index contributed by atoms with van der Waals surface area (Å²) in [5, 5.41) is 34.6. The number of nitrogens with one attached hydrogen (secondary N) is 3. The molecule has 0 aliphatic carbocycles. The molecule has 3 rings (SSSR count). The van der Waals surface area contributed by atoms with Crippen molar-refractivity contribution < 1.29 is 29.4 Å². The third kappa shape index (κ3) is 11.6. The summed E-state index contributed by atoms with van der Waals surface area (Å²) in [5.41, 5.74) is 1.04. The first kappa shape index (κ1) is 43.0. The molecule has 1 aromatic heterocycles. The first-order valence-electron chi connectivity index (χ1n) is 18.7. The Morgan fingerprint density at radius 3 is 2.17 bits per heavy atom. The van der Waals surface area contributed by atoms with Gasteiger partial charge < -0.3 is 31.1 Å². The number of rotatable bonds is 19. The zero-order chi connectivity index (χ0) is 38.7. The number of amides is 4. The zero-order valence-corrected chi connectivity index (χ0v) is 33.2. The highest BCUT2D eigenvalue weighted by Crippen LogP contribution is 2.28. The molecular formula is C39H62N6O6S. The number of nitrogens with zero attached hydrogens (tertiary/aromatic N) is 3. The summed E-state index contributed by atoms with van der Waals surface area (Å²) in [6, 6.07) is 6.83. The minimum Gasteiger partial charge on any atom is -0.390 e. The van der Waals surface area contributed by atoms with E-state index in [4.69, 9.17) is 0 Å². The van der Waals surface area contributed by atoms with Crippen molar-refractivity contribution in [3.63, 3.8) is 0 Å². The van der Waals surface area contributed by atoms with Crippen molar-refractivity contribution in [2.24, 2.45) is 23.7 Å². The maximum atomic E-state index is 13.8. The van der Waals surface area contributed by atoms with E-state index in [1.54, 1.807) is 18.0 Å². The monoisotopic (exact) mass is 742 g/mol. The Labute approximate surface area is 314 Å². The molecule has 290 valence electrons. The second kappa shape index (κ2) is 20.2. The molecule has 0 spiro atoms. The predicted molar refractivity (Wildman–Crippen MR) is 204 cm³/mol. The van der Waals surface area contributed by atoms with E-state index in [0.717, 1.165) is 10.6 Å². The highest BCUT2D eigenvalue weighted by Gasteiger charge is 2.41. The number of likely N-dealkylation sites (N-methyl/N-ethyl adjacent to an activating group) is 1. The molecule has 4 amide bonds. The van der Waals surface area contributed by atoms with Crippen LogP contribution in [0.15, 0.2) is 41.9 Å². The Morgan fingerprint density at radius 2 is 1.62 bits per heavy atom. The minimum absolute atomic E-state index is 0.0250. The Bertz CT molecular complexity index is 1420. The van der Waals surface area contributed by atoms with E-state index in [1.165, 1.54) is 11.3 Å². The molecule has 0 unspecified atom stereocenters. The van der Waals surface area contributed by atoms with E-state index in [9.17, 15) is 29.4 Å². The Morgan fingerprint density at radius 1 is 0.942 bits per heavy atom. The Balaban J connectivity index is 1.68. The maximum absolute atomic E-state index is 13.8. The standard InChI is InChI=1S/C39H62N6O6S/c1-10-25(6)33(43-37(50)32(23(2)3)42-38(51)34(24(4)5)44(8)9)30(46)22-31(47)45-19-14-17-29(45)35(48)26(7)36(49)41-28(39-40-18-20-52-39)21-27-15-12-11-13-16-27/h11-13,15-16,18,20,23-26,28-30,32-35,46,48H,10,14,17,19,21-22H2,1-9H3,(H,41,49)(H,42,51)(H,43,50)/t25-,26-,28-,29-,30+,32-,33-,34-,35+/m0/s1. The lowest BCUT2D eigenvalue weighted by atomic mass is 9.90. The average Bonchev–Trinajstić information content (AvgIpc) is 3.81. The number of aliphatic hydroxyl groups is 2. The van der Waals surface area contributed by atoms with Crippen LogP contribution >= 0.6 is 11.3 Å². The molecule has 1 aromatic carbocycles. The molecule has 12 nitrogen and oxygen atoms in total. The predicted octanol–water partition coefficient (Wildman–Crippen LogP) is 3.54. The topological polar surface area (TPSA) is 164 Å². The molecule has 0 bridgehead atoms. The highest BCUT2D eigenvalue weighted by molar-refractivity contribution is 7.09. The van der Waals surface area contributed by atoms with Crippen LogP contribution in [0.4, 0.5) is 0 Å². The summed E-state index contributed by atoms with van der Waals surface area (Å²) < 4.78 is 0. The number of hydrogen-bond donors (Lipinski definition) is 5. The molecule has 1 aliphatic heterocycles. The third-order valence-corrected chi connectivity index (χ3v) is 11.2. The van der Waals surface area contributed by atoms with Gasteiger partial charge in [0.2, 0.25) is 23.6 Å². The number of aromatic nitrogens is 1. The highest BCUT2D eigenvalue weighted by atomic mass is 32.1. The normalized spacial score (nSPS) is 19.4. The lowest BCUT2D eigenvalue weighted by molar-refractivity contribution is -0.141. The van der Waals surface area contributed by atoms with Crippen molar-refractivity contribution in [2.75, 3.05) is 20.6 Å². The minimum atomic E-state index is -1.21. The second-order valence-electron chi connectivity index (χ2n) is 15.3. The van der Waals surface area contributed by atoms with Crippen LogP contribution in [-0.4, -0.2) is 106 Å². The van der Waals surface area contributed by atoms with Crippen LogP contribution in [0, 0.1) is 23.7 Å². The van der Waals surface area contributed by atoms with Crippen LogP contribution in [-0.2, 0) is 25.6 Å². The van der Waals surface area contributed by atoms with Gasteiger partial charge >= 0.3 is 0 Å². The van der Waals surface area contributed by atoms with Crippen LogP contribution in [0.25, 0.3) is 0 Å². The van der Waals surface area contributed by atoms with E-state index in [0.29, 0.717) is 32.2 Å². The van der Waals surface area contributed by atoms with E-state index >= 15 is 0 Å².